The second-order valence-electron chi connectivity index (χ2n) is 7.41. The molecule has 4 rings (SSSR count). The van der Waals surface area contributed by atoms with Gasteiger partial charge in [0.25, 0.3) is 0 Å². The van der Waals surface area contributed by atoms with Crippen molar-refractivity contribution >= 4 is 15.9 Å². The Morgan fingerprint density at radius 3 is 2.41 bits per heavy atom. The van der Waals surface area contributed by atoms with Crippen molar-refractivity contribution in [3.05, 3.63) is 35.4 Å². The molecule has 2 saturated heterocycles. The van der Waals surface area contributed by atoms with E-state index in [4.69, 9.17) is 9.47 Å². The molecule has 1 amide bonds. The number of hydrogen-bond acceptors (Lipinski definition) is 5. The molecule has 1 aromatic rings. The Labute approximate surface area is 160 Å². The van der Waals surface area contributed by atoms with E-state index in [-0.39, 0.29) is 18.1 Å². The van der Waals surface area contributed by atoms with Gasteiger partial charge in [0.1, 0.15) is 0 Å². The molecule has 3 aliphatic rings. The van der Waals surface area contributed by atoms with Crippen molar-refractivity contribution in [2.75, 3.05) is 38.6 Å². The summed E-state index contributed by atoms with van der Waals surface area (Å²) in [6.07, 6.45) is 2.04. The van der Waals surface area contributed by atoms with Gasteiger partial charge in [0, 0.05) is 45.4 Å². The Morgan fingerprint density at radius 2 is 1.70 bits per heavy atom. The Kier molecular flexibility index (Phi) is 5.24. The highest BCUT2D eigenvalue weighted by molar-refractivity contribution is 7.89. The van der Waals surface area contributed by atoms with Crippen LogP contribution in [0.25, 0.3) is 0 Å². The first-order valence-corrected chi connectivity index (χ1v) is 11.2. The third kappa shape index (κ3) is 4.03. The van der Waals surface area contributed by atoms with Crippen LogP contribution < -0.4 is 0 Å². The Morgan fingerprint density at radius 1 is 1.04 bits per heavy atom. The molecule has 27 heavy (non-hydrogen) atoms. The van der Waals surface area contributed by atoms with Gasteiger partial charge in [0.05, 0.1) is 19.0 Å². The number of benzene rings is 1. The van der Waals surface area contributed by atoms with Gasteiger partial charge in [0.2, 0.25) is 15.9 Å². The van der Waals surface area contributed by atoms with Crippen molar-refractivity contribution in [1.82, 2.24) is 9.21 Å². The van der Waals surface area contributed by atoms with Crippen molar-refractivity contribution < 1.29 is 22.7 Å². The van der Waals surface area contributed by atoms with Crippen molar-refractivity contribution in [2.45, 2.75) is 38.0 Å². The number of hydrogen-bond donors (Lipinski definition) is 0. The van der Waals surface area contributed by atoms with Gasteiger partial charge in [-0.2, -0.15) is 4.31 Å². The van der Waals surface area contributed by atoms with Crippen molar-refractivity contribution in [2.24, 2.45) is 0 Å². The van der Waals surface area contributed by atoms with Crippen LogP contribution in [-0.2, 0) is 37.3 Å². The van der Waals surface area contributed by atoms with Gasteiger partial charge in [-0.15, -0.1) is 0 Å². The van der Waals surface area contributed by atoms with Crippen LogP contribution in [0, 0.1) is 0 Å². The van der Waals surface area contributed by atoms with Crippen LogP contribution in [0.3, 0.4) is 0 Å². The van der Waals surface area contributed by atoms with Gasteiger partial charge >= 0.3 is 0 Å². The normalized spacial score (nSPS) is 22.7. The summed E-state index contributed by atoms with van der Waals surface area (Å²) in [7, 11) is -3.45. The maximum absolute atomic E-state index is 12.7. The molecule has 0 bridgehead atoms. The number of ether oxygens (including phenoxy) is 2. The Balaban J connectivity index is 1.30. The molecule has 0 aromatic heterocycles. The zero-order chi connectivity index (χ0) is 18.9. The minimum atomic E-state index is -3.45. The first-order valence-electron chi connectivity index (χ1n) is 9.58. The van der Waals surface area contributed by atoms with E-state index >= 15 is 0 Å². The molecule has 0 N–H and O–H groups in total. The third-order valence-corrected chi connectivity index (χ3v) is 7.57. The average Bonchev–Trinajstić information content (AvgIpc) is 3.14. The molecule has 0 saturated carbocycles. The number of sulfonamides is 1. The van der Waals surface area contributed by atoms with E-state index in [9.17, 15) is 13.2 Å². The highest BCUT2D eigenvalue weighted by Gasteiger charge is 2.40. The molecule has 3 heterocycles. The molecule has 8 heteroatoms. The number of carbonyl (C=O) groups is 1. The van der Waals surface area contributed by atoms with Crippen LogP contribution in [0.5, 0.6) is 0 Å². The topological polar surface area (TPSA) is 76.2 Å². The molecule has 1 aromatic carbocycles. The summed E-state index contributed by atoms with van der Waals surface area (Å²) in [6.45, 7) is 3.18. The minimum absolute atomic E-state index is 0.0230. The van der Waals surface area contributed by atoms with E-state index in [1.54, 1.807) is 4.90 Å². The lowest BCUT2D eigenvalue weighted by molar-refractivity contribution is -0.187. The molecular formula is C19H26N2O5S. The van der Waals surface area contributed by atoms with Gasteiger partial charge in [-0.1, -0.05) is 24.3 Å². The molecule has 3 aliphatic heterocycles. The van der Waals surface area contributed by atoms with Crippen molar-refractivity contribution in [1.29, 1.82) is 0 Å². The highest BCUT2D eigenvalue weighted by atomic mass is 32.2. The number of fused-ring (bicyclic) bond motifs is 1. The van der Waals surface area contributed by atoms with Gasteiger partial charge in [-0.05, 0) is 17.5 Å². The first-order chi connectivity index (χ1) is 13.0. The summed E-state index contributed by atoms with van der Waals surface area (Å²) >= 11 is 0. The fourth-order valence-corrected chi connectivity index (χ4v) is 5.49. The summed E-state index contributed by atoms with van der Waals surface area (Å²) in [4.78, 5) is 14.2. The van der Waals surface area contributed by atoms with Crippen LogP contribution in [0.15, 0.2) is 24.3 Å². The summed E-state index contributed by atoms with van der Waals surface area (Å²) < 4.78 is 38.2. The number of likely N-dealkylation sites (tertiary alicyclic amines) is 1. The number of carbonyl (C=O) groups excluding carboxylic acids is 1. The molecule has 0 aliphatic carbocycles. The van der Waals surface area contributed by atoms with Crippen LogP contribution in [0.4, 0.5) is 0 Å². The molecule has 0 unspecified atom stereocenters. The molecule has 1 spiro atoms. The second-order valence-corrected chi connectivity index (χ2v) is 9.50. The highest BCUT2D eigenvalue weighted by Crippen LogP contribution is 2.31. The lowest BCUT2D eigenvalue weighted by atomic mass is 10.0. The molecule has 0 atom stereocenters. The molecular weight excluding hydrogens is 368 g/mol. The lowest BCUT2D eigenvalue weighted by Crippen LogP contribution is -2.47. The van der Waals surface area contributed by atoms with Gasteiger partial charge in [-0.25, -0.2) is 8.42 Å². The fourth-order valence-electron chi connectivity index (χ4n) is 4.09. The quantitative estimate of drug-likeness (QED) is 0.765. The van der Waals surface area contributed by atoms with E-state index in [1.807, 2.05) is 24.3 Å². The van der Waals surface area contributed by atoms with E-state index in [0.29, 0.717) is 52.2 Å². The van der Waals surface area contributed by atoms with Crippen molar-refractivity contribution in [3.8, 4) is 0 Å². The summed E-state index contributed by atoms with van der Waals surface area (Å²) in [6, 6.07) is 7.92. The average molecular weight is 394 g/mol. The molecule has 148 valence electrons. The van der Waals surface area contributed by atoms with Gasteiger partial charge in [-0.3, -0.25) is 4.79 Å². The SMILES string of the molecule is O=C(CCS(=O)(=O)N1CCc2ccccc2C1)N1CCC2(CC1)OCCO2. The standard InChI is InChI=1S/C19H26N2O5S/c22-18(20-10-7-19(8-11-20)25-12-13-26-19)6-14-27(23,24)21-9-5-16-3-1-2-4-17(16)15-21/h1-4H,5-15H2. The van der Waals surface area contributed by atoms with Crippen molar-refractivity contribution in [3.63, 3.8) is 0 Å². The number of nitrogens with zero attached hydrogens (tertiary/aromatic N) is 2. The molecule has 0 radical (unpaired) electrons. The number of amides is 1. The number of rotatable bonds is 4. The first kappa shape index (κ1) is 18.9. The number of piperidine rings is 1. The summed E-state index contributed by atoms with van der Waals surface area (Å²) in [5.41, 5.74) is 2.26. The van der Waals surface area contributed by atoms with E-state index in [1.165, 1.54) is 9.87 Å². The zero-order valence-electron chi connectivity index (χ0n) is 15.4. The molecule has 2 fully saturated rings. The smallest absolute Gasteiger partial charge is 0.223 e. The maximum atomic E-state index is 12.7. The van der Waals surface area contributed by atoms with Crippen LogP contribution in [0.1, 0.15) is 30.4 Å². The van der Waals surface area contributed by atoms with Crippen LogP contribution in [-0.4, -0.2) is 67.9 Å². The van der Waals surface area contributed by atoms with Gasteiger partial charge < -0.3 is 14.4 Å². The largest absolute Gasteiger partial charge is 0.347 e. The monoisotopic (exact) mass is 394 g/mol. The lowest BCUT2D eigenvalue weighted by Gasteiger charge is -2.37. The Bertz CT molecular complexity index is 794. The predicted molar refractivity (Wildman–Crippen MR) is 99.4 cm³/mol. The predicted octanol–water partition coefficient (Wildman–Crippen LogP) is 1.13. The third-order valence-electron chi connectivity index (χ3n) is 5.75. The van der Waals surface area contributed by atoms with Crippen LogP contribution in [0.2, 0.25) is 0 Å². The molecule has 7 nitrogen and oxygen atoms in total. The zero-order valence-corrected chi connectivity index (χ0v) is 16.2. The maximum Gasteiger partial charge on any atom is 0.223 e. The Hall–Kier alpha value is -1.48. The van der Waals surface area contributed by atoms with E-state index in [0.717, 1.165) is 12.0 Å². The van der Waals surface area contributed by atoms with Gasteiger partial charge in [0.15, 0.2) is 5.79 Å². The van der Waals surface area contributed by atoms with E-state index in [2.05, 4.69) is 0 Å². The minimum Gasteiger partial charge on any atom is -0.347 e. The second kappa shape index (κ2) is 7.50. The van der Waals surface area contributed by atoms with E-state index < -0.39 is 15.8 Å². The fraction of sp³-hybridized carbons (Fsp3) is 0.632. The summed E-state index contributed by atoms with van der Waals surface area (Å²) in [5, 5.41) is 0. The summed E-state index contributed by atoms with van der Waals surface area (Å²) in [5.74, 6) is -0.768. The van der Waals surface area contributed by atoms with Crippen LogP contribution >= 0.6 is 0 Å².